The second kappa shape index (κ2) is 6.01. The van der Waals surface area contributed by atoms with Gasteiger partial charge in [-0.25, -0.2) is 4.39 Å². The Kier molecular flexibility index (Phi) is 4.37. The largest absolute Gasteiger partial charge is 0.490 e. The predicted octanol–water partition coefficient (Wildman–Crippen LogP) is 2.89. The number of halogens is 1. The van der Waals surface area contributed by atoms with Gasteiger partial charge in [0.05, 0.1) is 0 Å². The van der Waals surface area contributed by atoms with E-state index in [2.05, 4.69) is 11.4 Å². The molecule has 0 bridgehead atoms. The Bertz CT molecular complexity index is 348. The fourth-order valence-electron chi connectivity index (χ4n) is 2.29. The van der Waals surface area contributed by atoms with Gasteiger partial charge in [-0.2, -0.15) is 0 Å². The normalized spacial score (nSPS) is 18.9. The van der Waals surface area contributed by atoms with Gasteiger partial charge in [-0.3, -0.25) is 0 Å². The fourth-order valence-corrected chi connectivity index (χ4v) is 2.29. The van der Waals surface area contributed by atoms with Crippen LogP contribution in [0.4, 0.5) is 4.39 Å². The Balaban J connectivity index is 2.09. The van der Waals surface area contributed by atoms with Gasteiger partial charge in [0, 0.05) is 0 Å². The van der Waals surface area contributed by atoms with Crippen LogP contribution in [0.15, 0.2) is 24.3 Å². The van der Waals surface area contributed by atoms with E-state index in [0.717, 1.165) is 31.7 Å². The molecule has 1 saturated heterocycles. The number of benzene rings is 1. The van der Waals surface area contributed by atoms with Gasteiger partial charge in [0.2, 0.25) is 0 Å². The third kappa shape index (κ3) is 3.43. The molecule has 0 amide bonds. The maximum Gasteiger partial charge on any atom is 0.131 e. The van der Waals surface area contributed by atoms with E-state index in [1.165, 1.54) is 12.5 Å². The zero-order chi connectivity index (χ0) is 12.1. The van der Waals surface area contributed by atoms with Gasteiger partial charge >= 0.3 is 0 Å². The van der Waals surface area contributed by atoms with Gasteiger partial charge in [-0.1, -0.05) is 18.2 Å². The molecule has 0 aliphatic carbocycles. The molecule has 2 rings (SSSR count). The first-order chi connectivity index (χ1) is 8.27. The topological polar surface area (TPSA) is 21.3 Å². The van der Waals surface area contributed by atoms with E-state index in [1.807, 2.05) is 18.2 Å². The van der Waals surface area contributed by atoms with Crippen molar-refractivity contribution in [3.63, 3.8) is 0 Å². The van der Waals surface area contributed by atoms with E-state index in [1.54, 1.807) is 0 Å². The molecule has 1 aliphatic rings. The van der Waals surface area contributed by atoms with Gasteiger partial charge in [0.15, 0.2) is 0 Å². The van der Waals surface area contributed by atoms with Crippen LogP contribution in [-0.2, 0) is 0 Å². The Morgan fingerprint density at radius 1 is 1.35 bits per heavy atom. The van der Waals surface area contributed by atoms with Crippen LogP contribution in [0.3, 0.4) is 0 Å². The minimum atomic E-state index is -0.920. The molecular formula is C14H20FNO. The van der Waals surface area contributed by atoms with Crippen molar-refractivity contribution >= 4 is 0 Å². The molecule has 1 fully saturated rings. The summed E-state index contributed by atoms with van der Waals surface area (Å²) in [5, 5.41) is 3.35. The molecule has 0 spiro atoms. The third-order valence-electron chi connectivity index (χ3n) is 3.17. The fraction of sp³-hybridized carbons (Fsp3) is 0.571. The lowest BCUT2D eigenvalue weighted by Crippen LogP contribution is -2.27. The molecule has 3 heteroatoms. The monoisotopic (exact) mass is 237 g/mol. The van der Waals surface area contributed by atoms with Crippen molar-refractivity contribution in [3.8, 4) is 5.75 Å². The molecule has 1 aliphatic heterocycles. The number of piperidine rings is 1. The quantitative estimate of drug-likeness (QED) is 0.869. The Morgan fingerprint density at radius 3 is 2.76 bits per heavy atom. The number of nitrogens with one attached hydrogen (secondary N) is 1. The molecule has 1 aromatic rings. The summed E-state index contributed by atoms with van der Waals surface area (Å²) < 4.78 is 18.4. The maximum absolute atomic E-state index is 12.8. The molecule has 1 heterocycles. The summed E-state index contributed by atoms with van der Waals surface area (Å²) in [5.74, 6) is 1.39. The Hall–Kier alpha value is -1.09. The highest BCUT2D eigenvalue weighted by Gasteiger charge is 2.18. The molecule has 1 unspecified atom stereocenters. The van der Waals surface area contributed by atoms with Crippen molar-refractivity contribution in [1.29, 1.82) is 0 Å². The average molecular weight is 237 g/mol. The van der Waals surface area contributed by atoms with E-state index >= 15 is 0 Å². The van der Waals surface area contributed by atoms with Crippen molar-refractivity contribution in [2.24, 2.45) is 0 Å². The van der Waals surface area contributed by atoms with Crippen molar-refractivity contribution in [2.75, 3.05) is 19.7 Å². The molecular weight excluding hydrogens is 217 g/mol. The second-order valence-electron chi connectivity index (χ2n) is 4.65. The van der Waals surface area contributed by atoms with Crippen LogP contribution in [0.5, 0.6) is 5.75 Å². The highest BCUT2D eigenvalue weighted by molar-refractivity contribution is 5.36. The standard InChI is InChI=1S/C14H20FNO/c1-11(15)10-17-14-5-3-2-4-13(14)12-6-8-16-9-7-12/h2-5,11-12,16H,6-10H2,1H3. The van der Waals surface area contributed by atoms with Crippen molar-refractivity contribution in [2.45, 2.75) is 31.9 Å². The summed E-state index contributed by atoms with van der Waals surface area (Å²) in [6, 6.07) is 8.03. The summed E-state index contributed by atoms with van der Waals surface area (Å²) in [7, 11) is 0. The minimum absolute atomic E-state index is 0.141. The van der Waals surface area contributed by atoms with Crippen LogP contribution in [0, 0.1) is 0 Å². The summed E-state index contributed by atoms with van der Waals surface area (Å²) in [6.45, 7) is 3.77. The third-order valence-corrected chi connectivity index (χ3v) is 3.17. The molecule has 0 aromatic heterocycles. The highest BCUT2D eigenvalue weighted by atomic mass is 19.1. The summed E-state index contributed by atoms with van der Waals surface area (Å²) in [6.07, 6.45) is 1.34. The first-order valence-corrected chi connectivity index (χ1v) is 6.34. The molecule has 0 saturated carbocycles. The first-order valence-electron chi connectivity index (χ1n) is 6.34. The highest BCUT2D eigenvalue weighted by Crippen LogP contribution is 2.32. The van der Waals surface area contributed by atoms with Gasteiger partial charge in [-0.05, 0) is 50.4 Å². The van der Waals surface area contributed by atoms with Crippen LogP contribution in [0.1, 0.15) is 31.2 Å². The Labute approximate surface area is 102 Å². The first kappa shape index (κ1) is 12.4. The lowest BCUT2D eigenvalue weighted by molar-refractivity contribution is 0.207. The number of ether oxygens (including phenoxy) is 1. The molecule has 1 atom stereocenters. The van der Waals surface area contributed by atoms with E-state index in [9.17, 15) is 4.39 Å². The lowest BCUT2D eigenvalue weighted by atomic mass is 9.89. The summed E-state index contributed by atoms with van der Waals surface area (Å²) >= 11 is 0. The number of hydrogen-bond acceptors (Lipinski definition) is 2. The van der Waals surface area contributed by atoms with Gasteiger partial charge in [0.25, 0.3) is 0 Å². The van der Waals surface area contributed by atoms with E-state index in [-0.39, 0.29) is 6.61 Å². The second-order valence-corrected chi connectivity index (χ2v) is 4.65. The van der Waals surface area contributed by atoms with E-state index < -0.39 is 6.17 Å². The maximum atomic E-state index is 12.8. The molecule has 2 nitrogen and oxygen atoms in total. The van der Waals surface area contributed by atoms with Crippen molar-refractivity contribution in [3.05, 3.63) is 29.8 Å². The molecule has 1 aromatic carbocycles. The number of alkyl halides is 1. The molecule has 94 valence electrons. The van der Waals surface area contributed by atoms with Gasteiger partial charge in [-0.15, -0.1) is 0 Å². The molecule has 1 N–H and O–H groups in total. The van der Waals surface area contributed by atoms with Crippen LogP contribution < -0.4 is 10.1 Å². The Morgan fingerprint density at radius 2 is 2.06 bits per heavy atom. The number of rotatable bonds is 4. The predicted molar refractivity (Wildman–Crippen MR) is 67.4 cm³/mol. The SMILES string of the molecule is CC(F)COc1ccccc1C1CCNCC1. The van der Waals surface area contributed by atoms with Gasteiger partial charge < -0.3 is 10.1 Å². The summed E-state index contributed by atoms with van der Waals surface area (Å²) in [4.78, 5) is 0. The minimum Gasteiger partial charge on any atom is -0.490 e. The molecule has 0 radical (unpaired) electrons. The molecule has 17 heavy (non-hydrogen) atoms. The van der Waals surface area contributed by atoms with Gasteiger partial charge in [0.1, 0.15) is 18.5 Å². The lowest BCUT2D eigenvalue weighted by Gasteiger charge is -2.25. The zero-order valence-electron chi connectivity index (χ0n) is 10.3. The number of para-hydroxylation sites is 1. The average Bonchev–Trinajstić information content (AvgIpc) is 2.38. The van der Waals surface area contributed by atoms with Crippen molar-refractivity contribution in [1.82, 2.24) is 5.32 Å². The van der Waals surface area contributed by atoms with Crippen LogP contribution in [0.25, 0.3) is 0 Å². The smallest absolute Gasteiger partial charge is 0.131 e. The van der Waals surface area contributed by atoms with Crippen LogP contribution >= 0.6 is 0 Å². The van der Waals surface area contributed by atoms with Crippen molar-refractivity contribution < 1.29 is 9.13 Å². The number of hydrogen-bond donors (Lipinski definition) is 1. The zero-order valence-corrected chi connectivity index (χ0v) is 10.3. The summed E-state index contributed by atoms with van der Waals surface area (Å²) in [5.41, 5.74) is 1.23. The van der Waals surface area contributed by atoms with E-state index in [4.69, 9.17) is 4.74 Å². The van der Waals surface area contributed by atoms with E-state index in [0.29, 0.717) is 5.92 Å². The van der Waals surface area contributed by atoms with Crippen LogP contribution in [0.2, 0.25) is 0 Å². The van der Waals surface area contributed by atoms with Crippen LogP contribution in [-0.4, -0.2) is 25.9 Å².